The summed E-state index contributed by atoms with van der Waals surface area (Å²) in [6.45, 7) is -0.147. The van der Waals surface area contributed by atoms with Gasteiger partial charge in [0.05, 0.1) is 12.8 Å². The molecule has 0 saturated heterocycles. The number of halogens is 2. The van der Waals surface area contributed by atoms with E-state index in [0.717, 1.165) is 4.90 Å². The number of carbonyl (C=O) groups excluding carboxylic acids is 1. The first-order valence-corrected chi connectivity index (χ1v) is 7.73. The van der Waals surface area contributed by atoms with Crippen molar-refractivity contribution in [3.63, 3.8) is 0 Å². The predicted octanol–water partition coefficient (Wildman–Crippen LogP) is 2.75. The Kier molecular flexibility index (Phi) is 4.36. The molecule has 2 heterocycles. The quantitative estimate of drug-likeness (QED) is 0.881. The van der Waals surface area contributed by atoms with Crippen LogP contribution < -0.4 is 0 Å². The molecule has 0 unspecified atom stereocenters. The van der Waals surface area contributed by atoms with Crippen molar-refractivity contribution < 1.29 is 23.1 Å². The van der Waals surface area contributed by atoms with Gasteiger partial charge in [-0.2, -0.15) is 8.78 Å². The van der Waals surface area contributed by atoms with Crippen molar-refractivity contribution in [3.05, 3.63) is 54.2 Å². The first-order chi connectivity index (χ1) is 11.4. The first kappa shape index (κ1) is 16.6. The van der Waals surface area contributed by atoms with Gasteiger partial charge in [0.2, 0.25) is 0 Å². The molecule has 0 spiro atoms. The maximum absolute atomic E-state index is 14.5. The monoisotopic (exact) mass is 336 g/mol. The van der Waals surface area contributed by atoms with Gasteiger partial charge < -0.3 is 14.4 Å². The number of hydrogen-bond donors (Lipinski definition) is 1. The van der Waals surface area contributed by atoms with Crippen LogP contribution in [0.3, 0.4) is 0 Å². The molecular formula is C17H18F2N2O3. The summed E-state index contributed by atoms with van der Waals surface area (Å²) in [5.74, 6) is -4.84. The molecule has 0 bridgehead atoms. The van der Waals surface area contributed by atoms with Crippen molar-refractivity contribution in [2.45, 2.75) is 43.9 Å². The number of pyridine rings is 1. The van der Waals surface area contributed by atoms with E-state index in [0.29, 0.717) is 17.7 Å². The molecule has 7 heteroatoms. The lowest BCUT2D eigenvalue weighted by molar-refractivity contribution is -0.224. The molecule has 2 aromatic heterocycles. The van der Waals surface area contributed by atoms with Crippen LogP contribution in [0.15, 0.2) is 47.3 Å². The SMILES string of the molecule is O=C(N(Cc1cccnc1)Cc1ccco1)C(F)(F)C1(O)CCC1. The van der Waals surface area contributed by atoms with Crippen LogP contribution in [0.2, 0.25) is 0 Å². The van der Waals surface area contributed by atoms with Crippen LogP contribution in [0.5, 0.6) is 0 Å². The summed E-state index contributed by atoms with van der Waals surface area (Å²) < 4.78 is 34.3. The number of nitrogens with zero attached hydrogens (tertiary/aromatic N) is 2. The minimum absolute atomic E-state index is 0.0426. The van der Waals surface area contributed by atoms with Gasteiger partial charge in [0.15, 0.2) is 0 Å². The van der Waals surface area contributed by atoms with E-state index in [4.69, 9.17) is 4.42 Å². The number of carbonyl (C=O) groups is 1. The van der Waals surface area contributed by atoms with Crippen molar-refractivity contribution in [3.8, 4) is 0 Å². The predicted molar refractivity (Wildman–Crippen MR) is 80.9 cm³/mol. The minimum atomic E-state index is -3.83. The van der Waals surface area contributed by atoms with Crippen LogP contribution in [0.4, 0.5) is 8.78 Å². The van der Waals surface area contributed by atoms with E-state index in [1.165, 1.54) is 12.5 Å². The summed E-state index contributed by atoms with van der Waals surface area (Å²) >= 11 is 0. The summed E-state index contributed by atoms with van der Waals surface area (Å²) in [6, 6.07) is 6.60. The molecule has 0 aromatic carbocycles. The van der Waals surface area contributed by atoms with Crippen molar-refractivity contribution in [2.24, 2.45) is 0 Å². The maximum atomic E-state index is 14.5. The summed E-state index contributed by atoms with van der Waals surface area (Å²) in [5, 5.41) is 10.0. The van der Waals surface area contributed by atoms with Crippen molar-refractivity contribution in [1.29, 1.82) is 0 Å². The standard InChI is InChI=1S/C17H18F2N2O3/c18-17(19,16(23)6-3-7-16)15(22)21(12-14-5-2-9-24-14)11-13-4-1-8-20-10-13/h1-2,4-5,8-10,23H,3,6-7,11-12H2. The van der Waals surface area contributed by atoms with E-state index in [9.17, 15) is 18.7 Å². The average molecular weight is 336 g/mol. The first-order valence-electron chi connectivity index (χ1n) is 7.73. The number of alkyl halides is 2. The van der Waals surface area contributed by atoms with Gasteiger partial charge in [0.25, 0.3) is 5.91 Å². The third-order valence-corrected chi connectivity index (χ3v) is 4.34. The Labute approximate surface area is 137 Å². The van der Waals surface area contributed by atoms with E-state index in [-0.39, 0.29) is 25.9 Å². The normalized spacial score (nSPS) is 16.5. The lowest BCUT2D eigenvalue weighted by atomic mass is 9.75. The number of rotatable bonds is 6. The lowest BCUT2D eigenvalue weighted by Crippen LogP contribution is -2.61. The zero-order valence-electron chi connectivity index (χ0n) is 13.0. The molecular weight excluding hydrogens is 318 g/mol. The molecule has 0 radical (unpaired) electrons. The molecule has 1 aliphatic carbocycles. The van der Waals surface area contributed by atoms with Crippen molar-refractivity contribution >= 4 is 5.91 Å². The number of aliphatic hydroxyl groups is 1. The topological polar surface area (TPSA) is 66.6 Å². The molecule has 3 rings (SSSR count). The molecule has 1 saturated carbocycles. The molecule has 5 nitrogen and oxygen atoms in total. The Morgan fingerprint density at radius 1 is 1.33 bits per heavy atom. The lowest BCUT2D eigenvalue weighted by Gasteiger charge is -2.43. The molecule has 0 aliphatic heterocycles. The van der Waals surface area contributed by atoms with Crippen LogP contribution in [0.1, 0.15) is 30.6 Å². The highest BCUT2D eigenvalue weighted by Gasteiger charge is 2.62. The zero-order chi connectivity index (χ0) is 17.2. The second kappa shape index (κ2) is 6.32. The van der Waals surface area contributed by atoms with Gasteiger partial charge in [0.1, 0.15) is 11.4 Å². The summed E-state index contributed by atoms with van der Waals surface area (Å²) in [6.07, 6.45) is 4.83. The summed E-state index contributed by atoms with van der Waals surface area (Å²) in [5.41, 5.74) is -1.63. The Balaban J connectivity index is 1.84. The van der Waals surface area contributed by atoms with Gasteiger partial charge in [-0.05, 0) is 43.0 Å². The Bertz CT molecular complexity index is 685. The van der Waals surface area contributed by atoms with Crippen LogP contribution >= 0.6 is 0 Å². The minimum Gasteiger partial charge on any atom is -0.467 e. The van der Waals surface area contributed by atoms with E-state index >= 15 is 0 Å². The fraction of sp³-hybridized carbons (Fsp3) is 0.412. The van der Waals surface area contributed by atoms with Gasteiger partial charge in [-0.25, -0.2) is 0 Å². The fourth-order valence-corrected chi connectivity index (χ4v) is 2.73. The van der Waals surface area contributed by atoms with Crippen molar-refractivity contribution in [1.82, 2.24) is 9.88 Å². The molecule has 0 atom stereocenters. The Morgan fingerprint density at radius 3 is 2.67 bits per heavy atom. The van der Waals surface area contributed by atoms with Crippen molar-refractivity contribution in [2.75, 3.05) is 0 Å². The molecule has 128 valence electrons. The molecule has 24 heavy (non-hydrogen) atoms. The van der Waals surface area contributed by atoms with E-state index in [1.807, 2.05) is 0 Å². The number of furan rings is 1. The average Bonchev–Trinajstić information content (AvgIpc) is 3.05. The molecule has 1 fully saturated rings. The second-order valence-corrected chi connectivity index (χ2v) is 6.06. The largest absolute Gasteiger partial charge is 0.467 e. The highest BCUT2D eigenvalue weighted by molar-refractivity contribution is 5.85. The van der Waals surface area contributed by atoms with Crippen LogP contribution in [0, 0.1) is 0 Å². The third kappa shape index (κ3) is 3.03. The van der Waals surface area contributed by atoms with Crippen LogP contribution in [-0.2, 0) is 17.9 Å². The maximum Gasteiger partial charge on any atom is 0.352 e. The Morgan fingerprint density at radius 2 is 2.12 bits per heavy atom. The van der Waals surface area contributed by atoms with E-state index in [2.05, 4.69) is 4.98 Å². The smallest absolute Gasteiger partial charge is 0.352 e. The molecule has 2 aromatic rings. The zero-order valence-corrected chi connectivity index (χ0v) is 13.0. The summed E-state index contributed by atoms with van der Waals surface area (Å²) in [7, 11) is 0. The van der Waals surface area contributed by atoms with Gasteiger partial charge in [-0.1, -0.05) is 6.07 Å². The van der Waals surface area contributed by atoms with Crippen LogP contribution in [-0.4, -0.2) is 32.4 Å². The van der Waals surface area contributed by atoms with Gasteiger partial charge in [-0.3, -0.25) is 9.78 Å². The highest BCUT2D eigenvalue weighted by Crippen LogP contribution is 2.45. The van der Waals surface area contributed by atoms with E-state index in [1.54, 1.807) is 30.5 Å². The van der Waals surface area contributed by atoms with Crippen LogP contribution in [0.25, 0.3) is 0 Å². The summed E-state index contributed by atoms with van der Waals surface area (Å²) in [4.78, 5) is 17.4. The highest BCUT2D eigenvalue weighted by atomic mass is 19.3. The molecule has 1 amide bonds. The number of amides is 1. The van der Waals surface area contributed by atoms with E-state index < -0.39 is 17.4 Å². The van der Waals surface area contributed by atoms with Gasteiger partial charge in [0, 0.05) is 18.9 Å². The van der Waals surface area contributed by atoms with Gasteiger partial charge >= 0.3 is 5.92 Å². The fourth-order valence-electron chi connectivity index (χ4n) is 2.73. The number of aromatic nitrogens is 1. The molecule has 1 N–H and O–H groups in total. The molecule has 1 aliphatic rings. The van der Waals surface area contributed by atoms with Gasteiger partial charge in [-0.15, -0.1) is 0 Å². The Hall–Kier alpha value is -2.28. The second-order valence-electron chi connectivity index (χ2n) is 6.06. The third-order valence-electron chi connectivity index (χ3n) is 4.34. The number of hydrogen-bond acceptors (Lipinski definition) is 4.